The number of hydrogen-bond donors (Lipinski definition) is 1. The number of fused-ring (bicyclic) bond motifs is 1. The highest BCUT2D eigenvalue weighted by Gasteiger charge is 2.14. The summed E-state index contributed by atoms with van der Waals surface area (Å²) < 4.78 is 13.9. The monoisotopic (exact) mass is 299 g/mol. The molecule has 1 aromatic carbocycles. The van der Waals surface area contributed by atoms with Crippen LogP contribution in [0.1, 0.15) is 29.9 Å². The zero-order valence-electron chi connectivity index (χ0n) is 10.7. The molecule has 0 aliphatic rings. The van der Waals surface area contributed by atoms with E-state index in [0.29, 0.717) is 11.3 Å². The highest BCUT2D eigenvalue weighted by molar-refractivity contribution is 7.20. The van der Waals surface area contributed by atoms with Gasteiger partial charge in [-0.3, -0.25) is 4.79 Å². The maximum absolute atomic E-state index is 13.1. The van der Waals surface area contributed by atoms with Crippen LogP contribution in [0.15, 0.2) is 24.3 Å². The molecule has 2 aromatic rings. The lowest BCUT2D eigenvalue weighted by Gasteiger charge is -2.14. The Labute approximate surface area is 120 Å². The Morgan fingerprint density at radius 1 is 1.42 bits per heavy atom. The van der Waals surface area contributed by atoms with Gasteiger partial charge in [-0.2, -0.15) is 0 Å². The van der Waals surface area contributed by atoms with Gasteiger partial charge >= 0.3 is 0 Å². The van der Waals surface area contributed by atoms with Gasteiger partial charge in [0.1, 0.15) is 5.82 Å². The zero-order chi connectivity index (χ0) is 14.0. The Bertz CT molecular complexity index is 596. The van der Waals surface area contributed by atoms with E-state index in [9.17, 15) is 9.18 Å². The van der Waals surface area contributed by atoms with Crippen molar-refractivity contribution >= 4 is 38.9 Å². The van der Waals surface area contributed by atoms with Gasteiger partial charge in [-0.25, -0.2) is 4.39 Å². The van der Waals surface area contributed by atoms with Crippen LogP contribution in [-0.4, -0.2) is 17.3 Å². The lowest BCUT2D eigenvalue weighted by molar-refractivity contribution is 0.0942. The number of carbonyl (C=O) groups excluding carboxylic acids is 1. The van der Waals surface area contributed by atoms with Crippen molar-refractivity contribution in [1.82, 2.24) is 5.32 Å². The van der Waals surface area contributed by atoms with Crippen molar-refractivity contribution in [3.63, 3.8) is 0 Å². The lowest BCUT2D eigenvalue weighted by Crippen LogP contribution is -2.33. The Hall–Kier alpha value is -1.13. The minimum absolute atomic E-state index is 0.0157. The van der Waals surface area contributed by atoms with Crippen LogP contribution in [-0.2, 0) is 0 Å². The molecule has 0 fully saturated rings. The molecule has 102 valence electrons. The van der Waals surface area contributed by atoms with Crippen molar-refractivity contribution in [1.29, 1.82) is 0 Å². The molecule has 0 aliphatic heterocycles. The van der Waals surface area contributed by atoms with Gasteiger partial charge in [-0.1, -0.05) is 6.07 Å². The van der Waals surface area contributed by atoms with E-state index in [1.54, 1.807) is 12.1 Å². The van der Waals surface area contributed by atoms with Crippen LogP contribution in [0.3, 0.4) is 0 Å². The minimum Gasteiger partial charge on any atom is -0.349 e. The molecule has 1 N–H and O–H groups in total. The maximum Gasteiger partial charge on any atom is 0.261 e. The lowest BCUT2D eigenvalue weighted by atomic mass is 10.2. The Morgan fingerprint density at radius 3 is 2.84 bits per heavy atom. The third-order valence-corrected chi connectivity index (χ3v) is 4.04. The first-order chi connectivity index (χ1) is 8.95. The summed E-state index contributed by atoms with van der Waals surface area (Å²) in [6.07, 6.45) is 0.715. The molecule has 0 saturated carbocycles. The van der Waals surface area contributed by atoms with Crippen molar-refractivity contribution in [2.75, 3.05) is 0 Å². The first-order valence-electron chi connectivity index (χ1n) is 6.09. The van der Waals surface area contributed by atoms with Gasteiger partial charge in [0.05, 0.1) is 4.88 Å². The molecule has 5 heteroatoms. The molecule has 2 nitrogen and oxygen atoms in total. The summed E-state index contributed by atoms with van der Waals surface area (Å²) in [7, 11) is 0. The second-order valence-electron chi connectivity index (χ2n) is 4.68. The van der Waals surface area contributed by atoms with Gasteiger partial charge in [0.2, 0.25) is 0 Å². The van der Waals surface area contributed by atoms with Crippen LogP contribution >= 0.6 is 22.9 Å². The number of rotatable bonds is 4. The summed E-state index contributed by atoms with van der Waals surface area (Å²) in [5, 5.41) is 3.80. The van der Waals surface area contributed by atoms with E-state index < -0.39 is 0 Å². The fourth-order valence-corrected chi connectivity index (χ4v) is 3.22. The van der Waals surface area contributed by atoms with Crippen LogP contribution in [0.4, 0.5) is 4.39 Å². The van der Waals surface area contributed by atoms with Crippen molar-refractivity contribution in [2.24, 2.45) is 0 Å². The third kappa shape index (κ3) is 3.67. The Morgan fingerprint density at radius 2 is 2.16 bits per heavy atom. The van der Waals surface area contributed by atoms with Crippen LogP contribution in [0.25, 0.3) is 10.1 Å². The smallest absolute Gasteiger partial charge is 0.261 e. The van der Waals surface area contributed by atoms with Gasteiger partial charge in [-0.15, -0.1) is 22.9 Å². The van der Waals surface area contributed by atoms with Gasteiger partial charge in [0, 0.05) is 16.1 Å². The zero-order valence-corrected chi connectivity index (χ0v) is 12.3. The standard InChI is InChI=1S/C14H15ClFNOS/c1-8(15)5-9(2)17-14(18)13-6-10-3-4-11(16)7-12(10)19-13/h3-4,6-9H,5H2,1-2H3,(H,17,18). The van der Waals surface area contributed by atoms with Crippen molar-refractivity contribution in [3.05, 3.63) is 35.0 Å². The van der Waals surface area contributed by atoms with Gasteiger partial charge < -0.3 is 5.32 Å². The third-order valence-electron chi connectivity index (χ3n) is 2.76. The highest BCUT2D eigenvalue weighted by Crippen LogP contribution is 2.26. The van der Waals surface area contributed by atoms with E-state index >= 15 is 0 Å². The molecular formula is C14H15ClFNOS. The SMILES string of the molecule is CC(Cl)CC(C)NC(=O)c1cc2ccc(F)cc2s1. The van der Waals surface area contributed by atoms with Crippen LogP contribution in [0.2, 0.25) is 0 Å². The van der Waals surface area contributed by atoms with E-state index in [1.807, 2.05) is 13.8 Å². The molecule has 1 heterocycles. The molecule has 2 rings (SSSR count). The first kappa shape index (κ1) is 14.3. The summed E-state index contributed by atoms with van der Waals surface area (Å²) in [6.45, 7) is 3.82. The van der Waals surface area contributed by atoms with Crippen molar-refractivity contribution < 1.29 is 9.18 Å². The molecule has 2 unspecified atom stereocenters. The fourth-order valence-electron chi connectivity index (χ4n) is 1.96. The summed E-state index contributed by atoms with van der Waals surface area (Å²) in [6, 6.07) is 6.32. The number of alkyl halides is 1. The van der Waals surface area contributed by atoms with Crippen LogP contribution < -0.4 is 5.32 Å². The van der Waals surface area contributed by atoms with E-state index in [4.69, 9.17) is 11.6 Å². The van der Waals surface area contributed by atoms with Crippen LogP contribution in [0.5, 0.6) is 0 Å². The summed E-state index contributed by atoms with van der Waals surface area (Å²) in [4.78, 5) is 12.6. The topological polar surface area (TPSA) is 29.1 Å². The molecular weight excluding hydrogens is 285 g/mol. The normalized spacial score (nSPS) is 14.3. The number of hydrogen-bond acceptors (Lipinski definition) is 2. The number of thiophene rings is 1. The van der Waals surface area contributed by atoms with E-state index in [0.717, 1.165) is 10.1 Å². The average Bonchev–Trinajstić information content (AvgIpc) is 2.70. The summed E-state index contributed by atoms with van der Waals surface area (Å²) in [5.41, 5.74) is 0. The van der Waals surface area contributed by atoms with E-state index in [1.165, 1.54) is 23.5 Å². The maximum atomic E-state index is 13.1. The fraction of sp³-hybridized carbons (Fsp3) is 0.357. The second-order valence-corrected chi connectivity index (χ2v) is 6.51. The molecule has 1 aromatic heterocycles. The first-order valence-corrected chi connectivity index (χ1v) is 7.35. The highest BCUT2D eigenvalue weighted by atomic mass is 35.5. The molecule has 19 heavy (non-hydrogen) atoms. The number of benzene rings is 1. The number of halogens is 2. The summed E-state index contributed by atoms with van der Waals surface area (Å²) in [5.74, 6) is -0.419. The molecule has 0 bridgehead atoms. The van der Waals surface area contributed by atoms with Crippen LogP contribution in [0, 0.1) is 5.82 Å². The molecule has 0 saturated heterocycles. The van der Waals surface area contributed by atoms with Gasteiger partial charge in [0.15, 0.2) is 0 Å². The predicted molar refractivity (Wildman–Crippen MR) is 78.6 cm³/mol. The van der Waals surface area contributed by atoms with Crippen molar-refractivity contribution in [3.8, 4) is 0 Å². The van der Waals surface area contributed by atoms with Gasteiger partial charge in [0.25, 0.3) is 5.91 Å². The van der Waals surface area contributed by atoms with E-state index in [2.05, 4.69) is 5.32 Å². The quantitative estimate of drug-likeness (QED) is 0.843. The minimum atomic E-state index is -0.286. The van der Waals surface area contributed by atoms with Crippen molar-refractivity contribution in [2.45, 2.75) is 31.7 Å². The summed E-state index contributed by atoms with van der Waals surface area (Å²) >= 11 is 7.19. The number of carbonyl (C=O) groups is 1. The Balaban J connectivity index is 2.13. The van der Waals surface area contributed by atoms with Gasteiger partial charge in [-0.05, 0) is 43.9 Å². The number of nitrogens with one attached hydrogen (secondary N) is 1. The largest absolute Gasteiger partial charge is 0.349 e. The molecule has 0 spiro atoms. The Kier molecular flexibility index (Phi) is 4.42. The average molecular weight is 300 g/mol. The molecule has 2 atom stereocenters. The predicted octanol–water partition coefficient (Wildman–Crippen LogP) is 4.18. The second kappa shape index (κ2) is 5.88. The number of amides is 1. The van der Waals surface area contributed by atoms with E-state index in [-0.39, 0.29) is 23.1 Å². The molecule has 0 radical (unpaired) electrons. The molecule has 0 aliphatic carbocycles. The molecule has 1 amide bonds.